The molecule has 0 bridgehead atoms. The maximum atomic E-state index is 11.2. The average Bonchev–Trinajstić information content (AvgIpc) is 2.85. The summed E-state index contributed by atoms with van der Waals surface area (Å²) in [6, 6.07) is 6.94. The fourth-order valence-corrected chi connectivity index (χ4v) is 1.78. The van der Waals surface area contributed by atoms with Crippen LogP contribution in [0.1, 0.15) is 16.1 Å². The number of esters is 1. The van der Waals surface area contributed by atoms with Gasteiger partial charge in [-0.15, -0.1) is 0 Å². The van der Waals surface area contributed by atoms with Gasteiger partial charge in [0.1, 0.15) is 5.75 Å². The van der Waals surface area contributed by atoms with E-state index in [4.69, 9.17) is 16.3 Å². The first-order valence-corrected chi connectivity index (χ1v) is 5.98. The van der Waals surface area contributed by atoms with Crippen molar-refractivity contribution in [2.75, 3.05) is 7.11 Å². The number of benzene rings is 1. The standard InChI is InChI=1S/C13H13ClN2O3/c1-9-7-10(14)3-4-12(9)19-8-16-6-5-11(15-16)13(17)18-2/h3-7H,8H2,1-2H3. The molecule has 0 aliphatic heterocycles. The topological polar surface area (TPSA) is 53.4 Å². The Morgan fingerprint density at radius 2 is 2.21 bits per heavy atom. The van der Waals surface area contributed by atoms with Gasteiger partial charge in [-0.2, -0.15) is 5.10 Å². The van der Waals surface area contributed by atoms with Crippen LogP contribution in [0, 0.1) is 6.92 Å². The number of nitrogens with zero attached hydrogens (tertiary/aromatic N) is 2. The second kappa shape index (κ2) is 5.75. The molecule has 0 fully saturated rings. The van der Waals surface area contributed by atoms with Crippen molar-refractivity contribution in [3.05, 3.63) is 46.7 Å². The molecule has 0 radical (unpaired) electrons. The fraction of sp³-hybridized carbons (Fsp3) is 0.231. The second-order valence-corrected chi connectivity index (χ2v) is 4.35. The lowest BCUT2D eigenvalue weighted by Gasteiger charge is -2.09. The molecule has 0 saturated carbocycles. The van der Waals surface area contributed by atoms with Gasteiger partial charge < -0.3 is 9.47 Å². The number of carbonyl (C=O) groups is 1. The summed E-state index contributed by atoms with van der Waals surface area (Å²) in [7, 11) is 1.31. The molecule has 100 valence electrons. The predicted molar refractivity (Wildman–Crippen MR) is 70.4 cm³/mol. The van der Waals surface area contributed by atoms with Crippen molar-refractivity contribution in [1.29, 1.82) is 0 Å². The predicted octanol–water partition coefficient (Wildman–Crippen LogP) is 2.67. The van der Waals surface area contributed by atoms with Gasteiger partial charge in [0.05, 0.1) is 7.11 Å². The zero-order valence-electron chi connectivity index (χ0n) is 10.6. The third-order valence-corrected chi connectivity index (χ3v) is 2.76. The third-order valence-electron chi connectivity index (χ3n) is 2.52. The van der Waals surface area contributed by atoms with Gasteiger partial charge in [0.25, 0.3) is 0 Å². The molecule has 0 amide bonds. The summed E-state index contributed by atoms with van der Waals surface area (Å²) in [5.74, 6) is 0.251. The lowest BCUT2D eigenvalue weighted by molar-refractivity contribution is 0.0592. The van der Waals surface area contributed by atoms with Gasteiger partial charge in [-0.25, -0.2) is 9.48 Å². The van der Waals surface area contributed by atoms with Crippen LogP contribution in [0.15, 0.2) is 30.5 Å². The Labute approximate surface area is 115 Å². The van der Waals surface area contributed by atoms with Crippen LogP contribution in [-0.4, -0.2) is 22.9 Å². The van der Waals surface area contributed by atoms with E-state index in [1.54, 1.807) is 24.4 Å². The Hall–Kier alpha value is -2.01. The van der Waals surface area contributed by atoms with Crippen LogP contribution in [0.2, 0.25) is 5.02 Å². The molecule has 1 heterocycles. The van der Waals surface area contributed by atoms with Gasteiger partial charge in [-0.1, -0.05) is 11.6 Å². The fourth-order valence-electron chi connectivity index (χ4n) is 1.56. The number of ether oxygens (including phenoxy) is 2. The number of carbonyl (C=O) groups excluding carboxylic acids is 1. The minimum Gasteiger partial charge on any atom is -0.471 e. The van der Waals surface area contributed by atoms with Gasteiger partial charge in [-0.05, 0) is 36.8 Å². The van der Waals surface area contributed by atoms with Crippen molar-refractivity contribution in [2.24, 2.45) is 0 Å². The Kier molecular flexibility index (Phi) is 4.06. The first-order chi connectivity index (χ1) is 9.10. The Morgan fingerprint density at radius 3 is 2.89 bits per heavy atom. The molecule has 0 aliphatic rings. The summed E-state index contributed by atoms with van der Waals surface area (Å²) >= 11 is 5.86. The zero-order valence-corrected chi connectivity index (χ0v) is 11.3. The molecule has 0 saturated heterocycles. The first-order valence-electron chi connectivity index (χ1n) is 5.61. The second-order valence-electron chi connectivity index (χ2n) is 3.92. The lowest BCUT2D eigenvalue weighted by Crippen LogP contribution is -2.09. The maximum Gasteiger partial charge on any atom is 0.358 e. The van der Waals surface area contributed by atoms with Crippen LogP contribution in [-0.2, 0) is 11.5 Å². The largest absolute Gasteiger partial charge is 0.471 e. The van der Waals surface area contributed by atoms with Gasteiger partial charge in [0, 0.05) is 11.2 Å². The number of hydrogen-bond acceptors (Lipinski definition) is 4. The number of hydrogen-bond donors (Lipinski definition) is 0. The highest BCUT2D eigenvalue weighted by Crippen LogP contribution is 2.21. The molecule has 19 heavy (non-hydrogen) atoms. The minimum absolute atomic E-state index is 0.208. The van der Waals surface area contributed by atoms with Crippen LogP contribution in [0.4, 0.5) is 0 Å². The summed E-state index contributed by atoms with van der Waals surface area (Å²) in [5.41, 5.74) is 1.19. The molecule has 0 spiro atoms. The van der Waals surface area contributed by atoms with Crippen molar-refractivity contribution < 1.29 is 14.3 Å². The summed E-state index contributed by atoms with van der Waals surface area (Å²) < 4.78 is 11.7. The molecular formula is C13H13ClN2O3. The SMILES string of the molecule is COC(=O)c1ccn(COc2ccc(Cl)cc2C)n1. The number of aryl methyl sites for hydroxylation is 1. The highest BCUT2D eigenvalue weighted by atomic mass is 35.5. The molecule has 1 aromatic heterocycles. The van der Waals surface area contributed by atoms with Crippen LogP contribution in [0.3, 0.4) is 0 Å². The van der Waals surface area contributed by atoms with Crippen LogP contribution < -0.4 is 4.74 Å². The van der Waals surface area contributed by atoms with E-state index >= 15 is 0 Å². The van der Waals surface area contributed by atoms with Crippen molar-refractivity contribution in [1.82, 2.24) is 9.78 Å². The van der Waals surface area contributed by atoms with Gasteiger partial charge >= 0.3 is 5.97 Å². The van der Waals surface area contributed by atoms with Crippen LogP contribution >= 0.6 is 11.6 Å². The smallest absolute Gasteiger partial charge is 0.358 e. The van der Waals surface area contributed by atoms with Gasteiger partial charge in [0.2, 0.25) is 0 Å². The molecule has 6 heteroatoms. The van der Waals surface area contributed by atoms with Crippen molar-refractivity contribution in [2.45, 2.75) is 13.7 Å². The summed E-state index contributed by atoms with van der Waals surface area (Å²) in [4.78, 5) is 11.2. The monoisotopic (exact) mass is 280 g/mol. The average molecular weight is 281 g/mol. The summed E-state index contributed by atoms with van der Waals surface area (Å²) in [6.45, 7) is 2.11. The van der Waals surface area contributed by atoms with E-state index in [9.17, 15) is 4.79 Å². The highest BCUT2D eigenvalue weighted by Gasteiger charge is 2.09. The minimum atomic E-state index is -0.471. The van der Waals surface area contributed by atoms with E-state index in [0.29, 0.717) is 5.02 Å². The number of aromatic nitrogens is 2. The number of rotatable bonds is 4. The maximum absolute atomic E-state index is 11.2. The number of methoxy groups -OCH3 is 1. The van der Waals surface area contributed by atoms with E-state index < -0.39 is 5.97 Å². The zero-order chi connectivity index (χ0) is 13.8. The van der Waals surface area contributed by atoms with Gasteiger partial charge in [0.15, 0.2) is 12.4 Å². The Balaban J connectivity index is 2.02. The van der Waals surface area contributed by atoms with Crippen molar-refractivity contribution >= 4 is 17.6 Å². The molecule has 2 rings (SSSR count). The normalized spacial score (nSPS) is 10.3. The molecule has 0 atom stereocenters. The molecular weight excluding hydrogens is 268 g/mol. The van der Waals surface area contributed by atoms with Crippen molar-refractivity contribution in [3.8, 4) is 5.75 Å². The van der Waals surface area contributed by atoms with E-state index in [0.717, 1.165) is 11.3 Å². The molecule has 2 aromatic rings. The van der Waals surface area contributed by atoms with Crippen LogP contribution in [0.5, 0.6) is 5.75 Å². The van der Waals surface area contributed by atoms with Crippen molar-refractivity contribution in [3.63, 3.8) is 0 Å². The molecule has 0 N–H and O–H groups in total. The number of halogens is 1. The molecule has 5 nitrogen and oxygen atoms in total. The highest BCUT2D eigenvalue weighted by molar-refractivity contribution is 6.30. The first kappa shape index (κ1) is 13.4. The Bertz CT molecular complexity index is 595. The van der Waals surface area contributed by atoms with E-state index in [1.165, 1.54) is 11.8 Å². The summed E-state index contributed by atoms with van der Waals surface area (Å²) in [6.07, 6.45) is 1.65. The Morgan fingerprint density at radius 1 is 1.42 bits per heavy atom. The van der Waals surface area contributed by atoms with Crippen LogP contribution in [0.25, 0.3) is 0 Å². The van der Waals surface area contributed by atoms with E-state index in [-0.39, 0.29) is 12.4 Å². The molecule has 0 unspecified atom stereocenters. The van der Waals surface area contributed by atoms with Gasteiger partial charge in [-0.3, -0.25) is 0 Å². The van der Waals surface area contributed by atoms with E-state index in [2.05, 4.69) is 9.84 Å². The third kappa shape index (κ3) is 3.26. The lowest BCUT2D eigenvalue weighted by atomic mass is 10.2. The quantitative estimate of drug-likeness (QED) is 0.808. The molecule has 1 aromatic carbocycles. The summed E-state index contributed by atoms with van der Waals surface area (Å²) in [5, 5.41) is 4.70. The van der Waals surface area contributed by atoms with E-state index in [1.807, 2.05) is 13.0 Å². The molecule has 0 aliphatic carbocycles.